The third-order valence-corrected chi connectivity index (χ3v) is 1.53. The van der Waals surface area contributed by atoms with Gasteiger partial charge in [-0.25, -0.2) is 9.59 Å². The van der Waals surface area contributed by atoms with Crippen LogP contribution in [0.5, 0.6) is 0 Å². The summed E-state index contributed by atoms with van der Waals surface area (Å²) in [5.41, 5.74) is 2.39. The van der Waals surface area contributed by atoms with Crippen molar-refractivity contribution >= 4 is 11.9 Å². The van der Waals surface area contributed by atoms with Gasteiger partial charge in [-0.2, -0.15) is 0 Å². The summed E-state index contributed by atoms with van der Waals surface area (Å²) < 4.78 is 0. The Kier molecular flexibility index (Phi) is 4.55. The van der Waals surface area contributed by atoms with Crippen LogP contribution in [0.1, 0.15) is 26.7 Å². The third-order valence-electron chi connectivity index (χ3n) is 1.53. The van der Waals surface area contributed by atoms with Gasteiger partial charge in [-0.1, -0.05) is 19.6 Å². The van der Waals surface area contributed by atoms with Crippen LogP contribution in [0, 0.1) is 0 Å². The van der Waals surface area contributed by atoms with Gasteiger partial charge in [0.25, 0.3) is 0 Å². The molecule has 0 aromatic carbocycles. The molecule has 0 radical (unpaired) electrons. The smallest absolute Gasteiger partial charge is 0.339 e. The minimum atomic E-state index is -1.12. The predicted octanol–water partition coefficient (Wildman–Crippen LogP) is 1.43. The molecule has 0 bridgehead atoms. The van der Waals surface area contributed by atoms with Crippen LogP contribution >= 0.6 is 0 Å². The van der Waals surface area contributed by atoms with E-state index in [9.17, 15) is 9.59 Å². The molecule has 0 aliphatic heterocycles. The number of hydrogen-bond donors (Lipinski definition) is 2. The minimum absolute atomic E-state index is 0.000694. The van der Waals surface area contributed by atoms with E-state index in [0.717, 1.165) is 0 Å². The highest BCUT2D eigenvalue weighted by Crippen LogP contribution is 2.04. The van der Waals surface area contributed by atoms with Crippen LogP contribution in [-0.2, 0) is 9.59 Å². The summed E-state index contributed by atoms with van der Waals surface area (Å²) in [5, 5.41) is 17.2. The maximum atomic E-state index is 10.5. The molecule has 72 valence electrons. The highest BCUT2D eigenvalue weighted by atomic mass is 16.4. The lowest BCUT2D eigenvalue weighted by Gasteiger charge is -1.94. The van der Waals surface area contributed by atoms with E-state index < -0.39 is 11.9 Å². The average Bonchev–Trinajstić information content (AvgIpc) is 2.05. The van der Waals surface area contributed by atoms with Gasteiger partial charge in [0, 0.05) is 0 Å². The second-order valence-corrected chi connectivity index (χ2v) is 2.40. The van der Waals surface area contributed by atoms with Gasteiger partial charge in [0.05, 0.1) is 11.1 Å². The molecular weight excluding hydrogens is 172 g/mol. The normalized spacial score (nSPS) is 8.77. The van der Waals surface area contributed by atoms with Gasteiger partial charge in [-0.15, -0.1) is 0 Å². The molecule has 0 aromatic rings. The molecule has 4 heteroatoms. The van der Waals surface area contributed by atoms with Crippen LogP contribution in [0.25, 0.3) is 0 Å². The first-order valence-corrected chi connectivity index (χ1v) is 3.98. The number of hydrogen-bond acceptors (Lipinski definition) is 2. The van der Waals surface area contributed by atoms with E-state index in [1.54, 1.807) is 13.8 Å². The number of aliphatic carboxylic acids is 2. The molecule has 0 amide bonds. The fourth-order valence-corrected chi connectivity index (χ4v) is 0.768. The van der Waals surface area contributed by atoms with Crippen LogP contribution in [-0.4, -0.2) is 22.2 Å². The minimum Gasteiger partial charge on any atom is -0.477 e. The molecule has 0 unspecified atom stereocenters. The number of rotatable bonds is 4. The van der Waals surface area contributed by atoms with E-state index in [4.69, 9.17) is 10.2 Å². The summed E-state index contributed by atoms with van der Waals surface area (Å²) in [5.74, 6) is -2.23. The predicted molar refractivity (Wildman–Crippen MR) is 46.4 cm³/mol. The lowest BCUT2D eigenvalue weighted by Crippen LogP contribution is -2.02. The SMILES string of the molecule is CCC(=C=C(CC)C(=O)O)C(=O)O. The topological polar surface area (TPSA) is 74.6 Å². The largest absolute Gasteiger partial charge is 0.477 e. The zero-order chi connectivity index (χ0) is 10.4. The summed E-state index contributed by atoms with van der Waals surface area (Å²) >= 11 is 0. The Bertz CT molecular complexity index is 256. The highest BCUT2D eigenvalue weighted by Gasteiger charge is 2.07. The molecule has 0 heterocycles. The number of carbonyl (C=O) groups is 2. The molecular formula is C9H12O4. The Hall–Kier alpha value is -1.54. The van der Waals surface area contributed by atoms with E-state index in [0.29, 0.717) is 0 Å². The number of carboxylic acids is 2. The van der Waals surface area contributed by atoms with Crippen LogP contribution in [0.2, 0.25) is 0 Å². The maximum absolute atomic E-state index is 10.5. The van der Waals surface area contributed by atoms with Crippen LogP contribution in [0.3, 0.4) is 0 Å². The zero-order valence-electron chi connectivity index (χ0n) is 7.63. The molecule has 0 saturated carbocycles. The first-order chi connectivity index (χ1) is 6.02. The van der Waals surface area contributed by atoms with Crippen LogP contribution in [0.4, 0.5) is 0 Å². The van der Waals surface area contributed by atoms with Crippen molar-refractivity contribution in [2.45, 2.75) is 26.7 Å². The Balaban J connectivity index is 5.20. The second-order valence-electron chi connectivity index (χ2n) is 2.40. The second kappa shape index (κ2) is 5.17. The zero-order valence-corrected chi connectivity index (χ0v) is 7.63. The Morgan fingerprint density at radius 2 is 1.31 bits per heavy atom. The molecule has 0 aliphatic rings. The van der Waals surface area contributed by atoms with Crippen LogP contribution < -0.4 is 0 Å². The van der Waals surface area contributed by atoms with Gasteiger partial charge in [-0.05, 0) is 12.8 Å². The van der Waals surface area contributed by atoms with Gasteiger partial charge < -0.3 is 10.2 Å². The van der Waals surface area contributed by atoms with Crippen molar-refractivity contribution in [3.8, 4) is 0 Å². The van der Waals surface area contributed by atoms with E-state index >= 15 is 0 Å². The van der Waals surface area contributed by atoms with Crippen molar-refractivity contribution in [3.05, 3.63) is 16.9 Å². The first kappa shape index (κ1) is 11.5. The lowest BCUT2D eigenvalue weighted by molar-refractivity contribution is -0.133. The number of carboxylic acid groups (broad SMARTS) is 2. The summed E-state index contributed by atoms with van der Waals surface area (Å²) in [4.78, 5) is 21.0. The van der Waals surface area contributed by atoms with Gasteiger partial charge in [-0.3, -0.25) is 0 Å². The van der Waals surface area contributed by atoms with Crippen molar-refractivity contribution in [2.24, 2.45) is 0 Å². The van der Waals surface area contributed by atoms with Crippen LogP contribution in [0.15, 0.2) is 16.9 Å². The Labute approximate surface area is 76.2 Å². The molecule has 0 aromatic heterocycles. The molecule has 4 nitrogen and oxygen atoms in total. The van der Waals surface area contributed by atoms with E-state index in [1.807, 2.05) is 0 Å². The van der Waals surface area contributed by atoms with Gasteiger partial charge in [0.2, 0.25) is 0 Å². The molecule has 13 heavy (non-hydrogen) atoms. The van der Waals surface area contributed by atoms with Crippen molar-refractivity contribution in [1.82, 2.24) is 0 Å². The van der Waals surface area contributed by atoms with Gasteiger partial charge in [0.1, 0.15) is 0 Å². The lowest BCUT2D eigenvalue weighted by atomic mass is 10.1. The van der Waals surface area contributed by atoms with Crippen molar-refractivity contribution in [1.29, 1.82) is 0 Å². The molecule has 0 aliphatic carbocycles. The molecule has 0 rings (SSSR count). The third kappa shape index (κ3) is 3.58. The summed E-state index contributed by atoms with van der Waals surface area (Å²) in [6.07, 6.45) is 0.540. The van der Waals surface area contributed by atoms with E-state index in [2.05, 4.69) is 5.73 Å². The summed E-state index contributed by atoms with van der Waals surface area (Å²) in [6, 6.07) is 0. The highest BCUT2D eigenvalue weighted by molar-refractivity contribution is 5.90. The quantitative estimate of drug-likeness (QED) is 0.512. The van der Waals surface area contributed by atoms with Gasteiger partial charge >= 0.3 is 11.9 Å². The standard InChI is InChI=1S/C9H12O4/c1-3-6(8(10)11)5-7(4-2)9(12)13/h3-4H2,1-2H3,(H,10,11)(H,12,13). The van der Waals surface area contributed by atoms with E-state index in [1.165, 1.54) is 0 Å². The summed E-state index contributed by atoms with van der Waals surface area (Å²) in [6.45, 7) is 3.29. The fraction of sp³-hybridized carbons (Fsp3) is 0.444. The molecule has 0 fully saturated rings. The fourth-order valence-electron chi connectivity index (χ4n) is 0.768. The van der Waals surface area contributed by atoms with E-state index in [-0.39, 0.29) is 24.0 Å². The van der Waals surface area contributed by atoms with Crippen molar-refractivity contribution < 1.29 is 19.8 Å². The maximum Gasteiger partial charge on any atom is 0.339 e. The molecule has 0 saturated heterocycles. The Morgan fingerprint density at radius 1 is 1.00 bits per heavy atom. The first-order valence-electron chi connectivity index (χ1n) is 3.98. The summed E-state index contributed by atoms with van der Waals surface area (Å²) in [7, 11) is 0. The molecule has 0 spiro atoms. The monoisotopic (exact) mass is 184 g/mol. The van der Waals surface area contributed by atoms with Gasteiger partial charge in [0.15, 0.2) is 0 Å². The van der Waals surface area contributed by atoms with Crippen molar-refractivity contribution in [2.75, 3.05) is 0 Å². The molecule has 2 N–H and O–H groups in total. The average molecular weight is 184 g/mol. The molecule has 0 atom stereocenters. The Morgan fingerprint density at radius 3 is 1.46 bits per heavy atom. The van der Waals surface area contributed by atoms with Crippen molar-refractivity contribution in [3.63, 3.8) is 0 Å².